The fourth-order valence-corrected chi connectivity index (χ4v) is 3.62. The van der Waals surface area contributed by atoms with Crippen molar-refractivity contribution in [2.45, 2.75) is 44.5 Å². The van der Waals surface area contributed by atoms with Crippen molar-refractivity contribution in [3.8, 4) is 17.1 Å². The van der Waals surface area contributed by atoms with E-state index in [2.05, 4.69) is 15.4 Å². The maximum Gasteiger partial charge on any atom is 0.422 e. The molecule has 4 rings (SSSR count). The molecule has 0 unspecified atom stereocenters. The number of ether oxygens (including phenoxy) is 1. The minimum absolute atomic E-state index is 0.0488. The molecule has 192 valence electrons. The number of aliphatic hydroxyl groups is 1. The van der Waals surface area contributed by atoms with Gasteiger partial charge in [0.25, 0.3) is 5.91 Å². The van der Waals surface area contributed by atoms with Crippen LogP contribution in [0, 0.1) is 11.6 Å². The number of nitrogens with one attached hydrogen (secondary N) is 1. The summed E-state index contributed by atoms with van der Waals surface area (Å²) in [5, 5.41) is 16.6. The van der Waals surface area contributed by atoms with Crippen LogP contribution in [-0.4, -0.2) is 38.6 Å². The Morgan fingerprint density at radius 2 is 1.92 bits per heavy atom. The lowest BCUT2D eigenvalue weighted by molar-refractivity contribution is -0.153. The maximum absolute atomic E-state index is 15.2. The number of anilines is 1. The van der Waals surface area contributed by atoms with Crippen LogP contribution in [0.15, 0.2) is 30.3 Å². The molecule has 0 aliphatic heterocycles. The number of amides is 1. The number of aromatic nitrogens is 3. The van der Waals surface area contributed by atoms with Gasteiger partial charge in [-0.25, -0.2) is 18.4 Å². The van der Waals surface area contributed by atoms with Crippen LogP contribution in [0.2, 0.25) is 5.02 Å². The number of nitrogens with zero attached hydrogens (tertiary/aromatic N) is 3. The van der Waals surface area contributed by atoms with Gasteiger partial charge in [-0.15, -0.1) is 0 Å². The molecule has 1 saturated carbocycles. The van der Waals surface area contributed by atoms with Gasteiger partial charge in [-0.3, -0.25) is 4.79 Å². The van der Waals surface area contributed by atoms with E-state index >= 15 is 4.39 Å². The molecule has 1 heterocycles. The lowest BCUT2D eigenvalue weighted by Gasteiger charge is -2.16. The summed E-state index contributed by atoms with van der Waals surface area (Å²) in [4.78, 5) is 17.0. The Bertz CT molecular complexity index is 1300. The molecule has 36 heavy (non-hydrogen) atoms. The summed E-state index contributed by atoms with van der Waals surface area (Å²) in [6.45, 7) is 1.15. The van der Waals surface area contributed by atoms with E-state index in [4.69, 9.17) is 16.3 Å². The van der Waals surface area contributed by atoms with Gasteiger partial charge in [-0.1, -0.05) is 17.7 Å². The Kier molecular flexibility index (Phi) is 6.69. The first kappa shape index (κ1) is 25.8. The largest absolute Gasteiger partial charge is 0.483 e. The highest BCUT2D eigenvalue weighted by Gasteiger charge is 2.35. The standard InChI is InChI=1S/C23H20ClF5N4O3/c1-22(2,35)21-31-19(32-33(21)11-6-7-11)12-9-17(36-10-23(27,28)29)13(8-16(12)26)20(34)30-18-14(24)4-3-5-15(18)25/h3-5,8-9,11,35H,6-7,10H2,1-2H3,(H,30,34). The molecule has 1 amide bonds. The number of para-hydroxylation sites is 1. The Morgan fingerprint density at radius 1 is 1.22 bits per heavy atom. The molecular formula is C23H20ClF5N4O3. The molecule has 1 aliphatic carbocycles. The van der Waals surface area contributed by atoms with Crippen molar-refractivity contribution in [3.63, 3.8) is 0 Å². The van der Waals surface area contributed by atoms with Crippen LogP contribution in [0.25, 0.3) is 11.4 Å². The van der Waals surface area contributed by atoms with E-state index in [9.17, 15) is 27.5 Å². The normalized spacial score (nSPS) is 14.1. The fraction of sp³-hybridized carbons (Fsp3) is 0.348. The molecule has 1 fully saturated rings. The third-order valence-electron chi connectivity index (χ3n) is 5.22. The number of hydrogen-bond donors (Lipinski definition) is 2. The van der Waals surface area contributed by atoms with Crippen molar-refractivity contribution in [2.75, 3.05) is 11.9 Å². The van der Waals surface area contributed by atoms with Crippen molar-refractivity contribution in [2.24, 2.45) is 0 Å². The van der Waals surface area contributed by atoms with Crippen molar-refractivity contribution in [3.05, 3.63) is 58.4 Å². The predicted molar refractivity (Wildman–Crippen MR) is 120 cm³/mol. The molecule has 7 nitrogen and oxygen atoms in total. The summed E-state index contributed by atoms with van der Waals surface area (Å²) in [6, 6.07) is 5.04. The second-order valence-corrected chi connectivity index (χ2v) is 9.18. The molecule has 0 spiro atoms. The van der Waals surface area contributed by atoms with E-state index in [1.165, 1.54) is 30.7 Å². The predicted octanol–water partition coefficient (Wildman–Crippen LogP) is 5.63. The molecule has 0 saturated heterocycles. The Labute approximate surface area is 206 Å². The number of alkyl halides is 3. The summed E-state index contributed by atoms with van der Waals surface area (Å²) >= 11 is 5.89. The molecule has 3 aromatic rings. The number of halogens is 6. The smallest absolute Gasteiger partial charge is 0.422 e. The molecule has 1 aliphatic rings. The van der Waals surface area contributed by atoms with Crippen LogP contribution < -0.4 is 10.1 Å². The van der Waals surface area contributed by atoms with Crippen LogP contribution in [0.1, 0.15) is 48.9 Å². The van der Waals surface area contributed by atoms with Crippen molar-refractivity contribution < 1.29 is 36.6 Å². The lowest BCUT2D eigenvalue weighted by atomic mass is 10.1. The monoisotopic (exact) mass is 530 g/mol. The maximum atomic E-state index is 15.2. The summed E-state index contributed by atoms with van der Waals surface area (Å²) in [5.41, 5.74) is -2.85. The van der Waals surface area contributed by atoms with Gasteiger partial charge in [0.15, 0.2) is 18.3 Å². The van der Waals surface area contributed by atoms with Crippen LogP contribution in [0.5, 0.6) is 5.75 Å². The zero-order valence-corrected chi connectivity index (χ0v) is 19.7. The van der Waals surface area contributed by atoms with Crippen molar-refractivity contribution in [1.82, 2.24) is 14.8 Å². The second-order valence-electron chi connectivity index (χ2n) is 8.78. The van der Waals surface area contributed by atoms with Gasteiger partial charge < -0.3 is 15.2 Å². The van der Waals surface area contributed by atoms with Crippen LogP contribution in [-0.2, 0) is 5.60 Å². The summed E-state index contributed by atoms with van der Waals surface area (Å²) in [6.07, 6.45) is -3.23. The zero-order valence-electron chi connectivity index (χ0n) is 19.0. The van der Waals surface area contributed by atoms with E-state index in [1.807, 2.05) is 0 Å². The average Bonchev–Trinajstić information content (AvgIpc) is 3.51. The molecule has 2 aromatic carbocycles. The van der Waals surface area contributed by atoms with Gasteiger partial charge >= 0.3 is 6.18 Å². The van der Waals surface area contributed by atoms with E-state index in [1.54, 1.807) is 0 Å². The topological polar surface area (TPSA) is 89.3 Å². The number of carbonyl (C=O) groups is 1. The second kappa shape index (κ2) is 9.32. The minimum atomic E-state index is -4.77. The summed E-state index contributed by atoms with van der Waals surface area (Å²) < 4.78 is 74.2. The highest BCUT2D eigenvalue weighted by Crippen LogP contribution is 2.39. The first-order chi connectivity index (χ1) is 16.7. The number of carbonyl (C=O) groups excluding carboxylic acids is 1. The molecule has 0 radical (unpaired) electrons. The van der Waals surface area contributed by atoms with Gasteiger partial charge in [-0.05, 0) is 51.0 Å². The number of rotatable bonds is 7. The third-order valence-corrected chi connectivity index (χ3v) is 5.53. The Morgan fingerprint density at radius 3 is 2.50 bits per heavy atom. The van der Waals surface area contributed by atoms with E-state index in [0.717, 1.165) is 25.0 Å². The van der Waals surface area contributed by atoms with Gasteiger partial charge in [0.1, 0.15) is 23.0 Å². The Hall–Kier alpha value is -3.25. The third kappa shape index (κ3) is 5.59. The number of hydrogen-bond acceptors (Lipinski definition) is 5. The summed E-state index contributed by atoms with van der Waals surface area (Å²) in [5.74, 6) is -3.81. The van der Waals surface area contributed by atoms with Crippen LogP contribution in [0.3, 0.4) is 0 Å². The first-order valence-electron chi connectivity index (χ1n) is 10.7. The molecule has 2 N–H and O–H groups in total. The van der Waals surface area contributed by atoms with Gasteiger partial charge in [-0.2, -0.15) is 18.3 Å². The van der Waals surface area contributed by atoms with E-state index in [0.29, 0.717) is 6.07 Å². The zero-order chi connectivity index (χ0) is 26.4. The molecule has 13 heteroatoms. The highest BCUT2D eigenvalue weighted by atomic mass is 35.5. The Balaban J connectivity index is 1.77. The van der Waals surface area contributed by atoms with E-state index < -0.39 is 52.9 Å². The molecule has 0 atom stereocenters. The highest BCUT2D eigenvalue weighted by molar-refractivity contribution is 6.34. The van der Waals surface area contributed by atoms with Crippen molar-refractivity contribution in [1.29, 1.82) is 0 Å². The lowest BCUT2D eigenvalue weighted by Crippen LogP contribution is -2.22. The van der Waals surface area contributed by atoms with E-state index in [-0.39, 0.29) is 28.3 Å². The minimum Gasteiger partial charge on any atom is -0.483 e. The van der Waals surface area contributed by atoms with Crippen LogP contribution in [0.4, 0.5) is 27.6 Å². The quantitative estimate of drug-likeness (QED) is 0.386. The van der Waals surface area contributed by atoms with Gasteiger partial charge in [0.05, 0.1) is 27.9 Å². The fourth-order valence-electron chi connectivity index (χ4n) is 3.41. The summed E-state index contributed by atoms with van der Waals surface area (Å²) in [7, 11) is 0. The molecule has 1 aromatic heterocycles. The number of benzene rings is 2. The van der Waals surface area contributed by atoms with Crippen LogP contribution >= 0.6 is 11.6 Å². The van der Waals surface area contributed by atoms with Gasteiger partial charge in [0, 0.05) is 0 Å². The molecule has 0 bridgehead atoms. The average molecular weight is 531 g/mol. The molecular weight excluding hydrogens is 511 g/mol. The SMILES string of the molecule is CC(C)(O)c1nc(-c2cc(OCC(F)(F)F)c(C(=O)Nc3c(F)cccc3Cl)cc2F)nn1C1CC1. The first-order valence-corrected chi connectivity index (χ1v) is 11.1. The van der Waals surface area contributed by atoms with Crippen molar-refractivity contribution >= 4 is 23.2 Å². The van der Waals surface area contributed by atoms with Gasteiger partial charge in [0.2, 0.25) is 0 Å².